The quantitative estimate of drug-likeness (QED) is 0.650. The van der Waals surface area contributed by atoms with Crippen molar-refractivity contribution in [3.63, 3.8) is 0 Å². The van der Waals surface area contributed by atoms with Gasteiger partial charge in [0.05, 0.1) is 5.56 Å². The first-order valence-electron chi connectivity index (χ1n) is 6.35. The molecule has 0 atom stereocenters. The number of aromatic hydroxyl groups is 1. The van der Waals surface area contributed by atoms with Gasteiger partial charge in [-0.25, -0.2) is 0 Å². The third kappa shape index (κ3) is 1.30. The maximum Gasteiger partial charge on any atom is 0.122 e. The van der Waals surface area contributed by atoms with Crippen LogP contribution in [0.5, 0.6) is 5.75 Å². The summed E-state index contributed by atoms with van der Waals surface area (Å²) >= 11 is 0. The molecular weight excluding hydrogens is 234 g/mol. The van der Waals surface area contributed by atoms with Crippen LogP contribution in [0.1, 0.15) is 27.8 Å². The molecule has 0 saturated carbocycles. The second kappa shape index (κ2) is 3.61. The number of hydrogen-bond acceptors (Lipinski definition) is 2. The van der Waals surface area contributed by atoms with Crippen LogP contribution in [0.4, 0.5) is 0 Å². The van der Waals surface area contributed by atoms with Crippen molar-refractivity contribution in [1.29, 1.82) is 5.26 Å². The molecule has 2 aromatic rings. The molecule has 2 nitrogen and oxygen atoms in total. The van der Waals surface area contributed by atoms with Gasteiger partial charge in [-0.05, 0) is 49.9 Å². The van der Waals surface area contributed by atoms with Crippen LogP contribution in [0.2, 0.25) is 0 Å². The average molecular weight is 249 g/mol. The first kappa shape index (κ1) is 11.8. The summed E-state index contributed by atoms with van der Waals surface area (Å²) in [6.07, 6.45) is 0. The molecule has 0 spiro atoms. The number of nitrogens with zero attached hydrogens (tertiary/aromatic N) is 1. The molecule has 0 fully saturated rings. The lowest BCUT2D eigenvalue weighted by Gasteiger charge is -2.15. The Labute approximate surface area is 112 Å². The molecule has 19 heavy (non-hydrogen) atoms. The lowest BCUT2D eigenvalue weighted by molar-refractivity contribution is 0.467. The van der Waals surface area contributed by atoms with Gasteiger partial charge in [0.2, 0.25) is 0 Å². The maximum atomic E-state index is 10.3. The molecule has 2 aliphatic carbocycles. The maximum absolute atomic E-state index is 10.3. The topological polar surface area (TPSA) is 44.0 Å². The van der Waals surface area contributed by atoms with Crippen LogP contribution in [0.3, 0.4) is 0 Å². The van der Waals surface area contributed by atoms with Crippen molar-refractivity contribution in [2.24, 2.45) is 0 Å². The van der Waals surface area contributed by atoms with Gasteiger partial charge in [-0.1, -0.05) is 12.1 Å². The third-order valence-corrected chi connectivity index (χ3v) is 4.14. The van der Waals surface area contributed by atoms with Crippen LogP contribution in [-0.2, 0) is 0 Å². The molecule has 4 bridgehead atoms. The minimum Gasteiger partial charge on any atom is -0.507 e. The highest BCUT2D eigenvalue weighted by molar-refractivity contribution is 5.94. The Kier molecular flexibility index (Phi) is 2.24. The van der Waals surface area contributed by atoms with Gasteiger partial charge in [-0.15, -0.1) is 0 Å². The largest absolute Gasteiger partial charge is 0.507 e. The predicted octanol–water partition coefficient (Wildman–Crippen LogP) is 4.14. The summed E-state index contributed by atoms with van der Waals surface area (Å²) < 4.78 is 0. The summed E-state index contributed by atoms with van der Waals surface area (Å²) in [5.41, 5.74) is 8.51. The normalized spacial score (nSPS) is 11.3. The number of benzene rings is 2. The molecule has 2 heteroatoms. The van der Waals surface area contributed by atoms with E-state index in [9.17, 15) is 10.4 Å². The summed E-state index contributed by atoms with van der Waals surface area (Å²) in [6.45, 7) is 7.90. The zero-order valence-corrected chi connectivity index (χ0v) is 11.5. The molecular formula is C17H15NO. The Morgan fingerprint density at radius 2 is 1.42 bits per heavy atom. The number of hydrogen-bond donors (Lipinski definition) is 1. The molecule has 0 amide bonds. The van der Waals surface area contributed by atoms with Gasteiger partial charge in [0.25, 0.3) is 0 Å². The fourth-order valence-corrected chi connectivity index (χ4v) is 3.31. The highest BCUT2D eigenvalue weighted by atomic mass is 16.3. The van der Waals surface area contributed by atoms with E-state index in [1.165, 1.54) is 0 Å². The van der Waals surface area contributed by atoms with Crippen LogP contribution in [0.25, 0.3) is 22.3 Å². The minimum atomic E-state index is 0.310. The van der Waals surface area contributed by atoms with E-state index in [4.69, 9.17) is 0 Å². The van der Waals surface area contributed by atoms with Gasteiger partial charge in [0.15, 0.2) is 0 Å². The van der Waals surface area contributed by atoms with Crippen molar-refractivity contribution < 1.29 is 5.11 Å². The summed E-state index contributed by atoms with van der Waals surface area (Å²) in [5, 5.41) is 19.9. The zero-order chi connectivity index (χ0) is 13.9. The standard InChI is InChI=1S/C17H15NO/c1-8-5-12-6-9(2)14(8)16-11(4)17(19)10(3)15(12)13(16)7-18/h5-6,19H,1-4H3. The van der Waals surface area contributed by atoms with Crippen molar-refractivity contribution in [3.8, 4) is 34.1 Å². The predicted molar refractivity (Wildman–Crippen MR) is 76.2 cm³/mol. The SMILES string of the molecule is Cc1cc2cc(C)c1-c1c(C)c(O)c(C)c-2c1C#N. The second-order valence-corrected chi connectivity index (χ2v) is 5.32. The molecule has 0 heterocycles. The molecule has 0 aliphatic heterocycles. The van der Waals surface area contributed by atoms with Gasteiger partial charge in [0, 0.05) is 22.3 Å². The molecule has 0 saturated heterocycles. The van der Waals surface area contributed by atoms with E-state index < -0.39 is 0 Å². The number of nitriles is 1. The van der Waals surface area contributed by atoms with Crippen molar-refractivity contribution in [1.82, 2.24) is 0 Å². The molecule has 0 unspecified atom stereocenters. The van der Waals surface area contributed by atoms with E-state index in [0.29, 0.717) is 11.3 Å². The Balaban J connectivity index is 2.68. The lowest BCUT2D eigenvalue weighted by Crippen LogP contribution is -1.95. The van der Waals surface area contributed by atoms with Gasteiger partial charge in [-0.2, -0.15) is 5.26 Å². The van der Waals surface area contributed by atoms with Crippen molar-refractivity contribution in [2.75, 3.05) is 0 Å². The number of rotatable bonds is 0. The summed E-state index contributed by atoms with van der Waals surface area (Å²) in [5.74, 6) is 0.310. The molecule has 0 radical (unpaired) electrons. The highest BCUT2D eigenvalue weighted by Crippen LogP contribution is 2.48. The number of phenols is 1. The Morgan fingerprint density at radius 3 is 1.95 bits per heavy atom. The van der Waals surface area contributed by atoms with Crippen LogP contribution in [0.15, 0.2) is 12.1 Å². The van der Waals surface area contributed by atoms with Crippen molar-refractivity contribution in [2.45, 2.75) is 27.7 Å². The molecule has 4 rings (SSSR count). The zero-order valence-electron chi connectivity index (χ0n) is 11.5. The van der Waals surface area contributed by atoms with Crippen molar-refractivity contribution >= 4 is 0 Å². The molecule has 0 aromatic heterocycles. The van der Waals surface area contributed by atoms with Crippen molar-refractivity contribution in [3.05, 3.63) is 39.9 Å². The fourth-order valence-electron chi connectivity index (χ4n) is 3.31. The van der Waals surface area contributed by atoms with Gasteiger partial charge < -0.3 is 5.11 Å². The first-order valence-corrected chi connectivity index (χ1v) is 6.35. The van der Waals surface area contributed by atoms with E-state index in [1.807, 2.05) is 13.8 Å². The van der Waals surface area contributed by atoms with E-state index in [1.54, 1.807) is 0 Å². The minimum absolute atomic E-state index is 0.310. The van der Waals surface area contributed by atoms with E-state index in [2.05, 4.69) is 32.0 Å². The molecule has 2 aromatic carbocycles. The summed E-state index contributed by atoms with van der Waals surface area (Å²) in [6, 6.07) is 6.55. The van der Waals surface area contributed by atoms with Gasteiger partial charge in [-0.3, -0.25) is 0 Å². The van der Waals surface area contributed by atoms with Crippen LogP contribution in [-0.4, -0.2) is 5.11 Å². The number of fused-ring (bicyclic) bond motifs is 2. The third-order valence-electron chi connectivity index (χ3n) is 4.14. The van der Waals surface area contributed by atoms with Gasteiger partial charge in [0.1, 0.15) is 11.8 Å². The van der Waals surface area contributed by atoms with Crippen LogP contribution in [0, 0.1) is 39.0 Å². The van der Waals surface area contributed by atoms with Crippen LogP contribution < -0.4 is 0 Å². The van der Waals surface area contributed by atoms with E-state index >= 15 is 0 Å². The molecule has 2 aliphatic rings. The monoisotopic (exact) mass is 249 g/mol. The fraction of sp³-hybridized carbons (Fsp3) is 0.235. The van der Waals surface area contributed by atoms with E-state index in [-0.39, 0.29) is 0 Å². The molecule has 94 valence electrons. The number of aryl methyl sites for hydroxylation is 2. The lowest BCUT2D eigenvalue weighted by atomic mass is 9.89. The first-order chi connectivity index (χ1) is 8.97. The smallest absolute Gasteiger partial charge is 0.122 e. The second-order valence-electron chi connectivity index (χ2n) is 5.32. The summed E-state index contributed by atoms with van der Waals surface area (Å²) in [7, 11) is 0. The molecule has 1 N–H and O–H groups in total. The average Bonchev–Trinajstić information content (AvgIpc) is 2.54. The highest BCUT2D eigenvalue weighted by Gasteiger charge is 2.27. The van der Waals surface area contributed by atoms with E-state index in [0.717, 1.165) is 44.5 Å². The Morgan fingerprint density at radius 1 is 0.895 bits per heavy atom. The summed E-state index contributed by atoms with van der Waals surface area (Å²) in [4.78, 5) is 0. The Hall–Kier alpha value is -2.27. The van der Waals surface area contributed by atoms with Gasteiger partial charge >= 0.3 is 0 Å². The number of phenolic OH excluding ortho intramolecular Hbond substituents is 1. The van der Waals surface area contributed by atoms with Crippen LogP contribution >= 0.6 is 0 Å². The Bertz CT molecular complexity index is 756.